The zero-order valence-electron chi connectivity index (χ0n) is 11.8. The van der Waals surface area contributed by atoms with Crippen molar-refractivity contribution in [1.82, 2.24) is 9.62 Å². The predicted molar refractivity (Wildman–Crippen MR) is 76.2 cm³/mol. The van der Waals surface area contributed by atoms with Gasteiger partial charge in [-0.2, -0.15) is 4.31 Å². The van der Waals surface area contributed by atoms with E-state index in [1.807, 2.05) is 6.92 Å². The van der Waals surface area contributed by atoms with Crippen molar-refractivity contribution in [3.63, 3.8) is 0 Å². The van der Waals surface area contributed by atoms with Gasteiger partial charge in [0.15, 0.2) is 0 Å². The van der Waals surface area contributed by atoms with Gasteiger partial charge < -0.3 is 5.32 Å². The zero-order chi connectivity index (χ0) is 13.4. The molecule has 1 aliphatic rings. The van der Waals surface area contributed by atoms with Crippen LogP contribution in [-0.2, 0) is 10.0 Å². The molecule has 1 heterocycles. The summed E-state index contributed by atoms with van der Waals surface area (Å²) in [5.74, 6) is 0.311. The van der Waals surface area contributed by atoms with Gasteiger partial charge in [-0.05, 0) is 52.1 Å². The average Bonchev–Trinajstić information content (AvgIpc) is 2.34. The lowest BCUT2D eigenvalue weighted by Gasteiger charge is -2.32. The molecule has 0 spiro atoms. The number of nitrogens with zero attached hydrogens (tertiary/aromatic N) is 1. The van der Waals surface area contributed by atoms with Crippen LogP contribution in [0.5, 0.6) is 0 Å². The number of rotatable bonds is 8. The summed E-state index contributed by atoms with van der Waals surface area (Å²) in [7, 11) is -3.02. The molecule has 1 atom stereocenters. The largest absolute Gasteiger partial charge is 0.317 e. The standard InChI is InChI=1S/C13H28N2O2S/c1-3-9-14-10-5-7-12-18(16,17)15-11-6-4-8-13(15)2/h13-14H,3-12H2,1-2H3. The highest BCUT2D eigenvalue weighted by atomic mass is 32.2. The van der Waals surface area contributed by atoms with Crippen LogP contribution in [0.15, 0.2) is 0 Å². The first-order valence-corrected chi connectivity index (χ1v) is 8.89. The van der Waals surface area contributed by atoms with Crippen molar-refractivity contribution in [2.75, 3.05) is 25.4 Å². The Morgan fingerprint density at radius 2 is 2.00 bits per heavy atom. The van der Waals surface area contributed by atoms with Crippen molar-refractivity contribution < 1.29 is 8.42 Å². The van der Waals surface area contributed by atoms with Gasteiger partial charge in [0.05, 0.1) is 5.75 Å². The topological polar surface area (TPSA) is 49.4 Å². The first kappa shape index (κ1) is 15.9. The minimum absolute atomic E-state index is 0.196. The Hall–Kier alpha value is -0.130. The summed E-state index contributed by atoms with van der Waals surface area (Å²) < 4.78 is 26.1. The lowest BCUT2D eigenvalue weighted by Crippen LogP contribution is -2.43. The molecule has 1 fully saturated rings. The zero-order valence-corrected chi connectivity index (χ0v) is 12.6. The number of piperidine rings is 1. The fraction of sp³-hybridized carbons (Fsp3) is 1.00. The Bertz CT molecular complexity index is 317. The fourth-order valence-electron chi connectivity index (χ4n) is 2.44. The fourth-order valence-corrected chi connectivity index (χ4v) is 4.30. The van der Waals surface area contributed by atoms with Gasteiger partial charge in [0.25, 0.3) is 0 Å². The van der Waals surface area contributed by atoms with Gasteiger partial charge in [0, 0.05) is 12.6 Å². The maximum Gasteiger partial charge on any atom is 0.214 e. The molecule has 0 saturated carbocycles. The van der Waals surface area contributed by atoms with Crippen LogP contribution in [0.4, 0.5) is 0 Å². The van der Waals surface area contributed by atoms with Crippen molar-refractivity contribution in [3.05, 3.63) is 0 Å². The Morgan fingerprint density at radius 1 is 1.22 bits per heavy atom. The molecule has 108 valence electrons. The monoisotopic (exact) mass is 276 g/mol. The highest BCUT2D eigenvalue weighted by molar-refractivity contribution is 7.89. The van der Waals surface area contributed by atoms with E-state index >= 15 is 0 Å². The van der Waals surface area contributed by atoms with E-state index in [1.54, 1.807) is 4.31 Å². The van der Waals surface area contributed by atoms with Crippen LogP contribution in [-0.4, -0.2) is 44.2 Å². The molecule has 1 N–H and O–H groups in total. The first-order valence-electron chi connectivity index (χ1n) is 7.28. The minimum Gasteiger partial charge on any atom is -0.317 e. The number of nitrogens with one attached hydrogen (secondary N) is 1. The molecule has 0 amide bonds. The van der Waals surface area contributed by atoms with E-state index < -0.39 is 10.0 Å². The van der Waals surface area contributed by atoms with Gasteiger partial charge in [-0.25, -0.2) is 8.42 Å². The molecule has 0 aromatic rings. The van der Waals surface area contributed by atoms with Crippen LogP contribution in [0, 0.1) is 0 Å². The Morgan fingerprint density at radius 3 is 2.67 bits per heavy atom. The summed E-state index contributed by atoms with van der Waals surface area (Å²) in [6, 6.07) is 0.196. The summed E-state index contributed by atoms with van der Waals surface area (Å²) in [5, 5.41) is 3.30. The molecule has 1 rings (SSSR count). The lowest BCUT2D eigenvalue weighted by atomic mass is 10.1. The van der Waals surface area contributed by atoms with Gasteiger partial charge in [0.2, 0.25) is 10.0 Å². The molecule has 0 radical (unpaired) electrons. The van der Waals surface area contributed by atoms with Gasteiger partial charge in [-0.1, -0.05) is 13.3 Å². The predicted octanol–water partition coefficient (Wildman–Crippen LogP) is 1.97. The summed E-state index contributed by atoms with van der Waals surface area (Å²) in [4.78, 5) is 0. The minimum atomic E-state index is -3.02. The summed E-state index contributed by atoms with van der Waals surface area (Å²) in [6.45, 7) is 6.83. The number of hydrogen-bond acceptors (Lipinski definition) is 3. The molecule has 0 aromatic heterocycles. The van der Waals surface area contributed by atoms with Crippen molar-refractivity contribution in [2.24, 2.45) is 0 Å². The van der Waals surface area contributed by atoms with Crippen LogP contribution in [0.25, 0.3) is 0 Å². The quantitative estimate of drug-likeness (QED) is 0.690. The molecule has 5 heteroatoms. The Labute approximate surface area is 112 Å². The van der Waals surface area contributed by atoms with E-state index in [0.717, 1.165) is 58.2 Å². The summed E-state index contributed by atoms with van der Waals surface area (Å²) in [6.07, 6.45) is 6.03. The third-order valence-electron chi connectivity index (χ3n) is 3.53. The van der Waals surface area contributed by atoms with E-state index in [0.29, 0.717) is 5.75 Å². The average molecular weight is 276 g/mol. The third kappa shape index (κ3) is 5.24. The molecule has 1 aliphatic heterocycles. The van der Waals surface area contributed by atoms with Crippen molar-refractivity contribution >= 4 is 10.0 Å². The molecule has 1 saturated heterocycles. The van der Waals surface area contributed by atoms with Crippen LogP contribution in [0.2, 0.25) is 0 Å². The molecular formula is C13H28N2O2S. The molecule has 0 aromatic carbocycles. The van der Waals surface area contributed by atoms with Crippen LogP contribution in [0.1, 0.15) is 52.4 Å². The van der Waals surface area contributed by atoms with Crippen LogP contribution >= 0.6 is 0 Å². The highest BCUT2D eigenvalue weighted by Gasteiger charge is 2.28. The second-order valence-electron chi connectivity index (χ2n) is 5.23. The lowest BCUT2D eigenvalue weighted by molar-refractivity contribution is 0.268. The maximum absolute atomic E-state index is 12.2. The normalized spacial score (nSPS) is 22.2. The first-order chi connectivity index (χ1) is 8.58. The van der Waals surface area contributed by atoms with Crippen LogP contribution < -0.4 is 5.32 Å². The highest BCUT2D eigenvalue weighted by Crippen LogP contribution is 2.20. The maximum atomic E-state index is 12.2. The van der Waals surface area contributed by atoms with Crippen molar-refractivity contribution in [3.8, 4) is 0 Å². The summed E-state index contributed by atoms with van der Waals surface area (Å²) >= 11 is 0. The summed E-state index contributed by atoms with van der Waals surface area (Å²) in [5.41, 5.74) is 0. The van der Waals surface area contributed by atoms with Gasteiger partial charge in [0.1, 0.15) is 0 Å². The number of sulfonamides is 1. The number of hydrogen-bond donors (Lipinski definition) is 1. The second-order valence-corrected chi connectivity index (χ2v) is 7.27. The molecule has 4 nitrogen and oxygen atoms in total. The molecule has 1 unspecified atom stereocenters. The molecule has 0 bridgehead atoms. The smallest absolute Gasteiger partial charge is 0.214 e. The Kier molecular flexibility index (Phi) is 7.19. The second kappa shape index (κ2) is 8.12. The van der Waals surface area contributed by atoms with Crippen molar-refractivity contribution in [2.45, 2.75) is 58.4 Å². The van der Waals surface area contributed by atoms with E-state index in [2.05, 4.69) is 12.2 Å². The SMILES string of the molecule is CCCNCCCCS(=O)(=O)N1CCCCC1C. The Balaban J connectivity index is 2.26. The molecular weight excluding hydrogens is 248 g/mol. The van der Waals surface area contributed by atoms with Crippen LogP contribution in [0.3, 0.4) is 0 Å². The molecule has 18 heavy (non-hydrogen) atoms. The van der Waals surface area contributed by atoms with Gasteiger partial charge >= 0.3 is 0 Å². The third-order valence-corrected chi connectivity index (χ3v) is 5.59. The van der Waals surface area contributed by atoms with Gasteiger partial charge in [-0.15, -0.1) is 0 Å². The van der Waals surface area contributed by atoms with E-state index in [4.69, 9.17) is 0 Å². The molecule has 0 aliphatic carbocycles. The van der Waals surface area contributed by atoms with E-state index in [9.17, 15) is 8.42 Å². The van der Waals surface area contributed by atoms with Gasteiger partial charge in [-0.3, -0.25) is 0 Å². The van der Waals surface area contributed by atoms with Crippen molar-refractivity contribution in [1.29, 1.82) is 0 Å². The van der Waals surface area contributed by atoms with E-state index in [1.165, 1.54) is 0 Å². The number of unbranched alkanes of at least 4 members (excludes halogenated alkanes) is 1. The van der Waals surface area contributed by atoms with E-state index in [-0.39, 0.29) is 6.04 Å².